The summed E-state index contributed by atoms with van der Waals surface area (Å²) in [6.45, 7) is 4.19. The van der Waals surface area contributed by atoms with Gasteiger partial charge in [-0.3, -0.25) is 9.59 Å². The smallest absolute Gasteiger partial charge is 0.254 e. The van der Waals surface area contributed by atoms with E-state index in [1.165, 1.54) is 0 Å². The Morgan fingerprint density at radius 1 is 1.19 bits per heavy atom. The van der Waals surface area contributed by atoms with Crippen molar-refractivity contribution in [2.45, 2.75) is 6.54 Å². The number of fused-ring (bicyclic) bond motifs is 3. The van der Waals surface area contributed by atoms with Crippen LogP contribution in [0, 0.1) is 0 Å². The van der Waals surface area contributed by atoms with Gasteiger partial charge in [0.1, 0.15) is 0 Å². The average Bonchev–Trinajstić information content (AvgIpc) is 2.98. The molecule has 6 nitrogen and oxygen atoms in total. The first kappa shape index (κ1) is 16.0. The summed E-state index contributed by atoms with van der Waals surface area (Å²) >= 11 is 0. The summed E-state index contributed by atoms with van der Waals surface area (Å²) in [5.41, 5.74) is 7.93. The number of carbonyl (C=O) groups is 2. The Balaban J connectivity index is 1.77. The predicted molar refractivity (Wildman–Crippen MR) is 98.0 cm³/mol. The molecule has 0 unspecified atom stereocenters. The lowest BCUT2D eigenvalue weighted by atomic mass is 9.98. The molecule has 1 aliphatic heterocycles. The monoisotopic (exact) mass is 344 g/mol. The van der Waals surface area contributed by atoms with Gasteiger partial charge >= 0.3 is 0 Å². The maximum Gasteiger partial charge on any atom is 0.254 e. The van der Waals surface area contributed by atoms with Crippen LogP contribution >= 0.6 is 0 Å². The number of carbonyl (C=O) groups excluding carboxylic acids is 2. The molecule has 2 amide bonds. The normalized spacial score (nSPS) is 13.1. The summed E-state index contributed by atoms with van der Waals surface area (Å²) in [7, 11) is 0. The Morgan fingerprint density at radius 2 is 1.92 bits per heavy atom. The lowest BCUT2D eigenvalue weighted by Crippen LogP contribution is -2.30. The molecule has 6 heteroatoms. The van der Waals surface area contributed by atoms with Crippen molar-refractivity contribution in [3.05, 3.63) is 72.1 Å². The number of hydrogen-bond acceptors (Lipinski definition) is 4. The molecular formula is C20H16N4O2. The van der Waals surface area contributed by atoms with Gasteiger partial charge in [0.25, 0.3) is 5.91 Å². The number of benzene rings is 2. The molecule has 0 fully saturated rings. The van der Waals surface area contributed by atoms with E-state index >= 15 is 0 Å². The first-order valence-electron chi connectivity index (χ1n) is 8.14. The molecule has 0 aliphatic carbocycles. The molecule has 0 saturated carbocycles. The zero-order chi connectivity index (χ0) is 18.3. The quantitative estimate of drug-likeness (QED) is 0.736. The Labute approximate surface area is 150 Å². The van der Waals surface area contributed by atoms with Crippen molar-refractivity contribution in [1.29, 1.82) is 0 Å². The Hall–Kier alpha value is -3.54. The standard InChI is InChI=1S/C20H16N4O2/c1-12(18(21)25)10-24-11-17-15(20(24)26)6-5-13-3-4-14(9-16(13)17)19-22-7-2-8-23-19/h2-9H,1,10-11H2,(H2,21,25). The molecule has 1 aliphatic rings. The minimum absolute atomic E-state index is 0.120. The second kappa shape index (κ2) is 6.07. The van der Waals surface area contributed by atoms with Crippen molar-refractivity contribution in [2.24, 2.45) is 5.73 Å². The molecule has 2 N–H and O–H groups in total. The van der Waals surface area contributed by atoms with Crippen LogP contribution in [0.5, 0.6) is 0 Å². The highest BCUT2D eigenvalue weighted by Crippen LogP contribution is 2.32. The fourth-order valence-electron chi connectivity index (χ4n) is 3.21. The SMILES string of the molecule is C=C(CN1Cc2c(ccc3ccc(-c4ncccn4)cc23)C1=O)C(N)=O. The van der Waals surface area contributed by atoms with E-state index in [1.54, 1.807) is 23.4 Å². The van der Waals surface area contributed by atoms with Gasteiger partial charge in [0.05, 0.1) is 6.54 Å². The number of aromatic nitrogens is 2. The number of hydrogen-bond donors (Lipinski definition) is 1. The van der Waals surface area contributed by atoms with Gasteiger partial charge < -0.3 is 10.6 Å². The molecule has 0 atom stereocenters. The Morgan fingerprint density at radius 3 is 2.65 bits per heavy atom. The van der Waals surface area contributed by atoms with Gasteiger partial charge in [-0.15, -0.1) is 0 Å². The van der Waals surface area contributed by atoms with Crippen molar-refractivity contribution in [3.63, 3.8) is 0 Å². The number of rotatable bonds is 4. The van der Waals surface area contributed by atoms with Crippen LogP contribution in [0.3, 0.4) is 0 Å². The van der Waals surface area contributed by atoms with E-state index in [0.717, 1.165) is 21.9 Å². The molecule has 2 heterocycles. The minimum Gasteiger partial charge on any atom is -0.366 e. The van der Waals surface area contributed by atoms with Gasteiger partial charge in [0, 0.05) is 35.6 Å². The van der Waals surface area contributed by atoms with Gasteiger partial charge in [0.15, 0.2) is 5.82 Å². The molecule has 0 bridgehead atoms. The van der Waals surface area contributed by atoms with Crippen molar-refractivity contribution in [3.8, 4) is 11.4 Å². The summed E-state index contributed by atoms with van der Waals surface area (Å²) in [5, 5.41) is 2.01. The summed E-state index contributed by atoms with van der Waals surface area (Å²) in [6.07, 6.45) is 3.39. The second-order valence-electron chi connectivity index (χ2n) is 6.23. The summed E-state index contributed by atoms with van der Waals surface area (Å²) in [5.74, 6) is -0.0805. The Bertz CT molecular complexity index is 1060. The van der Waals surface area contributed by atoms with Crippen LogP contribution in [0.25, 0.3) is 22.2 Å². The van der Waals surface area contributed by atoms with Crippen LogP contribution < -0.4 is 5.73 Å². The average molecular weight is 344 g/mol. The van der Waals surface area contributed by atoms with E-state index in [9.17, 15) is 9.59 Å². The van der Waals surface area contributed by atoms with Crippen LogP contribution in [0.15, 0.2) is 60.9 Å². The highest BCUT2D eigenvalue weighted by atomic mass is 16.2. The zero-order valence-electron chi connectivity index (χ0n) is 14.0. The van der Waals surface area contributed by atoms with E-state index in [0.29, 0.717) is 17.9 Å². The summed E-state index contributed by atoms with van der Waals surface area (Å²) in [6, 6.07) is 11.5. The topological polar surface area (TPSA) is 89.2 Å². The third-order valence-corrected chi connectivity index (χ3v) is 4.55. The van der Waals surface area contributed by atoms with E-state index in [4.69, 9.17) is 5.73 Å². The van der Waals surface area contributed by atoms with E-state index < -0.39 is 5.91 Å². The molecule has 2 aromatic carbocycles. The molecule has 3 aromatic rings. The first-order chi connectivity index (χ1) is 12.5. The minimum atomic E-state index is -0.595. The molecule has 0 saturated heterocycles. The molecule has 128 valence electrons. The van der Waals surface area contributed by atoms with E-state index in [1.807, 2.05) is 30.3 Å². The van der Waals surface area contributed by atoms with Crippen molar-refractivity contribution < 1.29 is 9.59 Å². The highest BCUT2D eigenvalue weighted by molar-refractivity contribution is 6.05. The van der Waals surface area contributed by atoms with Gasteiger partial charge in [-0.2, -0.15) is 0 Å². The van der Waals surface area contributed by atoms with Crippen LogP contribution in [0.1, 0.15) is 15.9 Å². The molecule has 0 spiro atoms. The third kappa shape index (κ3) is 2.61. The molecule has 26 heavy (non-hydrogen) atoms. The maximum absolute atomic E-state index is 12.7. The van der Waals surface area contributed by atoms with Gasteiger partial charge in [-0.25, -0.2) is 9.97 Å². The van der Waals surface area contributed by atoms with Crippen molar-refractivity contribution >= 4 is 22.6 Å². The summed E-state index contributed by atoms with van der Waals surface area (Å²) < 4.78 is 0. The number of primary amides is 1. The molecule has 1 aromatic heterocycles. The molecular weight excluding hydrogens is 328 g/mol. The second-order valence-corrected chi connectivity index (χ2v) is 6.23. The maximum atomic E-state index is 12.7. The molecule has 4 rings (SSSR count). The van der Waals surface area contributed by atoms with Crippen LogP contribution in [-0.2, 0) is 11.3 Å². The number of nitrogens with two attached hydrogens (primary N) is 1. The predicted octanol–water partition coefficient (Wildman–Crippen LogP) is 2.29. The van der Waals surface area contributed by atoms with Crippen LogP contribution in [-0.4, -0.2) is 33.2 Å². The Kier molecular flexibility index (Phi) is 3.73. The van der Waals surface area contributed by atoms with Crippen molar-refractivity contribution in [2.75, 3.05) is 6.54 Å². The zero-order valence-corrected chi connectivity index (χ0v) is 14.0. The highest BCUT2D eigenvalue weighted by Gasteiger charge is 2.29. The van der Waals surface area contributed by atoms with Gasteiger partial charge in [-0.05, 0) is 34.5 Å². The summed E-state index contributed by atoms with van der Waals surface area (Å²) in [4.78, 5) is 34.1. The van der Waals surface area contributed by atoms with E-state index in [2.05, 4.69) is 16.5 Å². The largest absolute Gasteiger partial charge is 0.366 e. The number of amides is 2. The van der Waals surface area contributed by atoms with Gasteiger partial charge in [0.2, 0.25) is 5.91 Å². The van der Waals surface area contributed by atoms with E-state index in [-0.39, 0.29) is 18.0 Å². The lowest BCUT2D eigenvalue weighted by molar-refractivity contribution is -0.114. The number of nitrogens with zero attached hydrogens (tertiary/aromatic N) is 3. The van der Waals surface area contributed by atoms with Crippen LogP contribution in [0.4, 0.5) is 0 Å². The first-order valence-corrected chi connectivity index (χ1v) is 8.14. The lowest BCUT2D eigenvalue weighted by Gasteiger charge is -2.15. The fraction of sp³-hybridized carbons (Fsp3) is 0.100. The fourth-order valence-corrected chi connectivity index (χ4v) is 3.21. The third-order valence-electron chi connectivity index (χ3n) is 4.55. The van der Waals surface area contributed by atoms with Gasteiger partial charge in [-0.1, -0.05) is 24.8 Å². The van der Waals surface area contributed by atoms with Crippen molar-refractivity contribution in [1.82, 2.24) is 14.9 Å². The molecule has 0 radical (unpaired) electrons. The van der Waals surface area contributed by atoms with Crippen LogP contribution in [0.2, 0.25) is 0 Å².